The van der Waals surface area contributed by atoms with Gasteiger partial charge in [0.25, 0.3) is 0 Å². The van der Waals surface area contributed by atoms with Crippen molar-refractivity contribution in [3.63, 3.8) is 0 Å². The van der Waals surface area contributed by atoms with Gasteiger partial charge >= 0.3 is 12.0 Å². The lowest BCUT2D eigenvalue weighted by Gasteiger charge is -2.25. The smallest absolute Gasteiger partial charge is 0.317 e. The quantitative estimate of drug-likeness (QED) is 0.847. The fourth-order valence-electron chi connectivity index (χ4n) is 1.81. The molecule has 2 rings (SSSR count). The first-order valence-corrected chi connectivity index (χ1v) is 7.63. The molecule has 0 spiro atoms. The first-order chi connectivity index (χ1) is 9.40. The van der Waals surface area contributed by atoms with E-state index in [2.05, 4.69) is 5.32 Å². The minimum Gasteiger partial charge on any atom is -0.481 e. The number of carbonyl (C=O) groups excluding carboxylic acids is 1. The first kappa shape index (κ1) is 14.8. The van der Waals surface area contributed by atoms with E-state index in [1.165, 1.54) is 0 Å². The molecule has 2 amide bonds. The Hall–Kier alpha value is -1.56. The van der Waals surface area contributed by atoms with Crippen molar-refractivity contribution in [1.29, 1.82) is 0 Å². The van der Waals surface area contributed by atoms with Crippen LogP contribution < -0.4 is 5.32 Å². The molecule has 110 valence electrons. The van der Waals surface area contributed by atoms with Gasteiger partial charge < -0.3 is 15.3 Å². The van der Waals surface area contributed by atoms with Crippen LogP contribution in [0.25, 0.3) is 0 Å². The van der Waals surface area contributed by atoms with Crippen LogP contribution >= 0.6 is 11.3 Å². The van der Waals surface area contributed by atoms with E-state index in [4.69, 9.17) is 5.11 Å². The standard InChI is InChI=1S/C14H20N2O3S/c1-14(2,12(17)18)9-15-13(19)16(11-3-4-11)7-10-5-6-20-8-10/h5-6,8,11H,3-4,7,9H2,1-2H3,(H,15,19)(H,17,18). The average molecular weight is 296 g/mol. The molecule has 1 heterocycles. The summed E-state index contributed by atoms with van der Waals surface area (Å²) in [6, 6.07) is 2.13. The molecule has 1 saturated carbocycles. The molecule has 0 unspecified atom stereocenters. The molecule has 1 aromatic rings. The van der Waals surface area contributed by atoms with Gasteiger partial charge in [-0.15, -0.1) is 0 Å². The number of carboxylic acids is 1. The Labute approximate surface area is 122 Å². The van der Waals surface area contributed by atoms with Crippen molar-refractivity contribution >= 4 is 23.3 Å². The minimum absolute atomic E-state index is 0.133. The molecule has 0 bridgehead atoms. The van der Waals surface area contributed by atoms with Crippen molar-refractivity contribution in [2.24, 2.45) is 5.41 Å². The highest BCUT2D eigenvalue weighted by atomic mass is 32.1. The maximum atomic E-state index is 12.2. The number of carboxylic acid groups (broad SMARTS) is 1. The Kier molecular flexibility index (Phi) is 4.32. The van der Waals surface area contributed by atoms with Gasteiger partial charge in [0.05, 0.1) is 5.41 Å². The third kappa shape index (κ3) is 3.72. The largest absolute Gasteiger partial charge is 0.481 e. The van der Waals surface area contributed by atoms with E-state index < -0.39 is 11.4 Å². The van der Waals surface area contributed by atoms with E-state index >= 15 is 0 Å². The van der Waals surface area contributed by atoms with E-state index in [1.807, 2.05) is 16.8 Å². The Balaban J connectivity index is 1.92. The van der Waals surface area contributed by atoms with Crippen molar-refractivity contribution in [1.82, 2.24) is 10.2 Å². The third-order valence-electron chi connectivity index (χ3n) is 3.44. The van der Waals surface area contributed by atoms with Gasteiger partial charge in [-0.2, -0.15) is 11.3 Å². The number of amides is 2. The summed E-state index contributed by atoms with van der Waals surface area (Å²) < 4.78 is 0. The van der Waals surface area contributed by atoms with Crippen LogP contribution in [0.3, 0.4) is 0 Å². The number of hydrogen-bond acceptors (Lipinski definition) is 3. The summed E-state index contributed by atoms with van der Waals surface area (Å²) in [7, 11) is 0. The molecule has 1 aliphatic rings. The summed E-state index contributed by atoms with van der Waals surface area (Å²) in [5, 5.41) is 15.8. The molecule has 1 aliphatic carbocycles. The lowest BCUT2D eigenvalue weighted by Crippen LogP contribution is -2.46. The van der Waals surface area contributed by atoms with Crippen LogP contribution in [0.15, 0.2) is 16.8 Å². The topological polar surface area (TPSA) is 69.6 Å². The molecule has 1 fully saturated rings. The Morgan fingerprint density at radius 3 is 2.70 bits per heavy atom. The highest BCUT2D eigenvalue weighted by Crippen LogP contribution is 2.29. The molecular formula is C14H20N2O3S. The molecule has 1 aromatic heterocycles. The number of aliphatic carboxylic acids is 1. The second-order valence-electron chi connectivity index (χ2n) is 5.84. The zero-order valence-electron chi connectivity index (χ0n) is 11.8. The van der Waals surface area contributed by atoms with Crippen LogP contribution in [0.2, 0.25) is 0 Å². The summed E-state index contributed by atoms with van der Waals surface area (Å²) in [5.41, 5.74) is 0.169. The molecule has 0 aromatic carbocycles. The number of thiophene rings is 1. The van der Waals surface area contributed by atoms with Gasteiger partial charge in [0.2, 0.25) is 0 Å². The van der Waals surface area contributed by atoms with Crippen LogP contribution in [0.1, 0.15) is 32.3 Å². The number of hydrogen-bond donors (Lipinski definition) is 2. The molecular weight excluding hydrogens is 276 g/mol. The van der Waals surface area contributed by atoms with Gasteiger partial charge in [-0.3, -0.25) is 4.79 Å². The van der Waals surface area contributed by atoms with E-state index in [1.54, 1.807) is 30.1 Å². The van der Waals surface area contributed by atoms with Crippen LogP contribution in [-0.2, 0) is 11.3 Å². The lowest BCUT2D eigenvalue weighted by molar-refractivity contribution is -0.146. The first-order valence-electron chi connectivity index (χ1n) is 6.69. The van der Waals surface area contributed by atoms with E-state index in [0.717, 1.165) is 18.4 Å². The zero-order chi connectivity index (χ0) is 14.8. The Bertz CT molecular complexity index is 481. The predicted molar refractivity (Wildman–Crippen MR) is 77.7 cm³/mol. The minimum atomic E-state index is -0.951. The highest BCUT2D eigenvalue weighted by Gasteiger charge is 2.34. The summed E-state index contributed by atoms with van der Waals surface area (Å²) in [6.07, 6.45) is 2.06. The molecule has 0 atom stereocenters. The van der Waals surface area contributed by atoms with Crippen molar-refractivity contribution in [2.45, 2.75) is 39.3 Å². The van der Waals surface area contributed by atoms with E-state index in [-0.39, 0.29) is 12.6 Å². The average Bonchev–Trinajstić information content (AvgIpc) is 3.10. The van der Waals surface area contributed by atoms with Crippen LogP contribution in [0.4, 0.5) is 4.79 Å². The normalized spacial score (nSPS) is 14.9. The molecule has 0 saturated heterocycles. The third-order valence-corrected chi connectivity index (χ3v) is 4.17. The van der Waals surface area contributed by atoms with Gasteiger partial charge in [0.1, 0.15) is 0 Å². The molecule has 6 heteroatoms. The summed E-state index contributed by atoms with van der Waals surface area (Å²) in [4.78, 5) is 25.1. The van der Waals surface area contributed by atoms with Gasteiger partial charge in [-0.05, 0) is 49.1 Å². The number of rotatable bonds is 6. The number of nitrogens with zero attached hydrogens (tertiary/aromatic N) is 1. The van der Waals surface area contributed by atoms with Crippen molar-refractivity contribution in [3.05, 3.63) is 22.4 Å². The second-order valence-corrected chi connectivity index (χ2v) is 6.62. The highest BCUT2D eigenvalue weighted by molar-refractivity contribution is 7.07. The SMILES string of the molecule is CC(C)(CNC(=O)N(Cc1ccsc1)C1CC1)C(=O)O. The number of urea groups is 1. The summed E-state index contributed by atoms with van der Waals surface area (Å²) in [5.74, 6) is -0.909. The Morgan fingerprint density at radius 2 is 2.20 bits per heavy atom. The molecule has 5 nitrogen and oxygen atoms in total. The fraction of sp³-hybridized carbons (Fsp3) is 0.571. The maximum Gasteiger partial charge on any atom is 0.317 e. The molecule has 2 N–H and O–H groups in total. The monoisotopic (exact) mass is 296 g/mol. The van der Waals surface area contributed by atoms with Crippen LogP contribution in [-0.4, -0.2) is 34.6 Å². The molecule has 20 heavy (non-hydrogen) atoms. The molecule has 0 aliphatic heterocycles. The summed E-state index contributed by atoms with van der Waals surface area (Å²) in [6.45, 7) is 3.94. The lowest BCUT2D eigenvalue weighted by atomic mass is 9.94. The summed E-state index contributed by atoms with van der Waals surface area (Å²) >= 11 is 1.61. The van der Waals surface area contributed by atoms with Crippen molar-refractivity contribution in [2.75, 3.05) is 6.54 Å². The zero-order valence-corrected chi connectivity index (χ0v) is 12.6. The van der Waals surface area contributed by atoms with Gasteiger partial charge in [0, 0.05) is 19.1 Å². The fourth-order valence-corrected chi connectivity index (χ4v) is 2.47. The van der Waals surface area contributed by atoms with Crippen LogP contribution in [0, 0.1) is 5.41 Å². The number of carbonyl (C=O) groups is 2. The van der Waals surface area contributed by atoms with Gasteiger partial charge in [-0.1, -0.05) is 0 Å². The van der Waals surface area contributed by atoms with E-state index in [0.29, 0.717) is 12.6 Å². The number of nitrogens with one attached hydrogen (secondary N) is 1. The maximum absolute atomic E-state index is 12.2. The predicted octanol–water partition coefficient (Wildman–Crippen LogP) is 2.53. The Morgan fingerprint density at radius 1 is 1.50 bits per heavy atom. The van der Waals surface area contributed by atoms with Crippen molar-refractivity contribution < 1.29 is 14.7 Å². The molecule has 0 radical (unpaired) electrons. The van der Waals surface area contributed by atoms with Gasteiger partial charge in [0.15, 0.2) is 0 Å². The van der Waals surface area contributed by atoms with Gasteiger partial charge in [-0.25, -0.2) is 4.79 Å². The van der Waals surface area contributed by atoms with Crippen LogP contribution in [0.5, 0.6) is 0 Å². The van der Waals surface area contributed by atoms with Crippen molar-refractivity contribution in [3.8, 4) is 0 Å². The van der Waals surface area contributed by atoms with E-state index in [9.17, 15) is 9.59 Å². The second kappa shape index (κ2) is 5.83.